The molecule has 1 aliphatic heterocycles. The van der Waals surface area contributed by atoms with Crippen LogP contribution in [0, 0.1) is 0 Å². The number of unbranched alkanes of at least 4 members (excludes halogenated alkanes) is 1. The van der Waals surface area contributed by atoms with Gasteiger partial charge < -0.3 is 26.0 Å². The lowest BCUT2D eigenvalue weighted by atomic mass is 9.84. The number of nitrogens with two attached hydrogens (primary N) is 2. The van der Waals surface area contributed by atoms with Crippen molar-refractivity contribution >= 4 is 6.41 Å². The van der Waals surface area contributed by atoms with E-state index in [4.69, 9.17) is 14.3 Å². The van der Waals surface area contributed by atoms with Crippen LogP contribution in [0.4, 0.5) is 0 Å². The van der Waals surface area contributed by atoms with Crippen LogP contribution in [0.15, 0.2) is 24.3 Å². The summed E-state index contributed by atoms with van der Waals surface area (Å²) >= 11 is 0. The SMILES string of the molecule is CCCCc1ccc(OC)c2c1C1C=CC(O)C[C@@H]1O2.CN.NC=O. The van der Waals surface area contributed by atoms with Gasteiger partial charge in [-0.15, -0.1) is 0 Å². The summed E-state index contributed by atoms with van der Waals surface area (Å²) in [6.45, 7) is 2.21. The molecule has 0 aromatic heterocycles. The van der Waals surface area contributed by atoms with Crippen molar-refractivity contribution in [2.75, 3.05) is 14.2 Å². The molecule has 3 atom stereocenters. The van der Waals surface area contributed by atoms with Crippen molar-refractivity contribution in [3.8, 4) is 11.5 Å². The Balaban J connectivity index is 0.000000567. The fraction of sp³-hybridized carbons (Fsp3) is 0.526. The van der Waals surface area contributed by atoms with Gasteiger partial charge >= 0.3 is 0 Å². The Kier molecular flexibility index (Phi) is 9.02. The maximum absolute atomic E-state index is 9.77. The zero-order valence-corrected chi connectivity index (χ0v) is 15.3. The van der Waals surface area contributed by atoms with Gasteiger partial charge in [-0.1, -0.05) is 31.6 Å². The van der Waals surface area contributed by atoms with E-state index in [9.17, 15) is 5.11 Å². The van der Waals surface area contributed by atoms with Gasteiger partial charge in [0.2, 0.25) is 6.41 Å². The fourth-order valence-electron chi connectivity index (χ4n) is 3.24. The average Bonchev–Trinajstić information content (AvgIpc) is 3.00. The monoisotopic (exact) mass is 350 g/mol. The summed E-state index contributed by atoms with van der Waals surface area (Å²) in [4.78, 5) is 8.58. The van der Waals surface area contributed by atoms with Crippen molar-refractivity contribution in [1.29, 1.82) is 0 Å². The van der Waals surface area contributed by atoms with Gasteiger partial charge in [-0.25, -0.2) is 0 Å². The predicted molar refractivity (Wildman–Crippen MR) is 98.9 cm³/mol. The quantitative estimate of drug-likeness (QED) is 0.567. The molecule has 0 spiro atoms. The standard InChI is InChI=1S/C17H22O3.CH3NO.CH5N/c1-3-4-5-11-6-9-14(19-2)17-16(11)13-8-7-12(18)10-15(13)20-17;2-1-3;1-2/h6-9,12-13,15,18H,3-5,10H2,1-2H3;1H,(H2,2,3);2H2,1H3/t12?,13?,15-;;/m0../s1. The van der Waals surface area contributed by atoms with Gasteiger partial charge in [0.25, 0.3) is 0 Å². The largest absolute Gasteiger partial charge is 0.493 e. The minimum absolute atomic E-state index is 0.0432. The van der Waals surface area contributed by atoms with E-state index < -0.39 is 6.10 Å². The van der Waals surface area contributed by atoms with Crippen molar-refractivity contribution in [2.45, 2.75) is 50.7 Å². The number of carbonyl (C=O) groups excluding carboxylic acids is 1. The highest BCUT2D eigenvalue weighted by atomic mass is 16.5. The smallest absolute Gasteiger partial charge is 0.204 e. The van der Waals surface area contributed by atoms with Gasteiger partial charge in [-0.2, -0.15) is 0 Å². The van der Waals surface area contributed by atoms with Crippen LogP contribution in [0.1, 0.15) is 43.2 Å². The molecule has 25 heavy (non-hydrogen) atoms. The number of hydrogen-bond acceptors (Lipinski definition) is 5. The summed E-state index contributed by atoms with van der Waals surface area (Å²) in [5, 5.41) is 9.77. The molecule has 0 radical (unpaired) electrons. The number of carbonyl (C=O) groups is 1. The molecular weight excluding hydrogens is 320 g/mol. The van der Waals surface area contributed by atoms with Crippen LogP contribution >= 0.6 is 0 Å². The Labute approximate surface area is 149 Å². The molecule has 1 aromatic carbocycles. The topological polar surface area (TPSA) is 108 Å². The number of ether oxygens (including phenoxy) is 2. The molecular formula is C19H30N2O4. The molecule has 140 valence electrons. The van der Waals surface area contributed by atoms with Gasteiger partial charge in [0, 0.05) is 17.9 Å². The molecule has 0 saturated carbocycles. The zero-order chi connectivity index (χ0) is 18.8. The lowest BCUT2D eigenvalue weighted by Gasteiger charge is -2.23. The first-order valence-electron chi connectivity index (χ1n) is 8.62. The highest BCUT2D eigenvalue weighted by molar-refractivity contribution is 5.57. The Morgan fingerprint density at radius 1 is 1.36 bits per heavy atom. The van der Waals surface area contributed by atoms with E-state index in [-0.39, 0.29) is 18.4 Å². The number of aliphatic hydroxyl groups is 1. The third-order valence-corrected chi connectivity index (χ3v) is 4.29. The molecule has 5 N–H and O–H groups in total. The van der Waals surface area contributed by atoms with Gasteiger partial charge in [-0.05, 0) is 31.5 Å². The number of aryl methyl sites for hydroxylation is 1. The number of methoxy groups -OCH3 is 1. The van der Waals surface area contributed by atoms with Gasteiger partial charge in [0.05, 0.1) is 13.2 Å². The van der Waals surface area contributed by atoms with Crippen molar-refractivity contribution in [1.82, 2.24) is 0 Å². The lowest BCUT2D eigenvalue weighted by molar-refractivity contribution is -0.106. The number of amides is 1. The summed E-state index contributed by atoms with van der Waals surface area (Å²) in [6.07, 6.45) is 7.99. The number of primary amides is 1. The molecule has 6 nitrogen and oxygen atoms in total. The second kappa shape index (κ2) is 10.7. The Hall–Kier alpha value is -2.05. The summed E-state index contributed by atoms with van der Waals surface area (Å²) in [6, 6.07) is 4.17. The van der Waals surface area contributed by atoms with Crippen molar-refractivity contribution in [2.24, 2.45) is 11.5 Å². The van der Waals surface area contributed by atoms with Gasteiger partial charge in [0.1, 0.15) is 6.10 Å². The minimum Gasteiger partial charge on any atom is -0.493 e. The summed E-state index contributed by atoms with van der Waals surface area (Å²) in [5.41, 5.74) is 11.3. The van der Waals surface area contributed by atoms with Crippen LogP contribution < -0.4 is 20.9 Å². The maximum Gasteiger partial charge on any atom is 0.204 e. The first-order chi connectivity index (χ1) is 12.2. The Morgan fingerprint density at radius 2 is 2.04 bits per heavy atom. The summed E-state index contributed by atoms with van der Waals surface area (Å²) in [7, 11) is 3.18. The number of rotatable bonds is 4. The normalized spacial score (nSPS) is 22.2. The molecule has 2 aliphatic rings. The number of hydrogen-bond donors (Lipinski definition) is 3. The number of benzene rings is 1. The van der Waals surface area contributed by atoms with Crippen LogP contribution in [0.5, 0.6) is 11.5 Å². The third-order valence-electron chi connectivity index (χ3n) is 4.29. The molecule has 1 amide bonds. The molecule has 0 fully saturated rings. The average molecular weight is 350 g/mol. The molecule has 3 rings (SSSR count). The van der Waals surface area contributed by atoms with E-state index in [1.54, 1.807) is 7.11 Å². The van der Waals surface area contributed by atoms with Crippen LogP contribution in [0.3, 0.4) is 0 Å². The minimum atomic E-state index is -0.393. The molecule has 6 heteroatoms. The maximum atomic E-state index is 9.77. The Bertz CT molecular complexity index is 575. The number of fused-ring (bicyclic) bond motifs is 3. The van der Waals surface area contributed by atoms with E-state index in [0.29, 0.717) is 6.42 Å². The van der Waals surface area contributed by atoms with E-state index in [1.165, 1.54) is 31.0 Å². The van der Waals surface area contributed by atoms with Crippen LogP contribution in [0.25, 0.3) is 0 Å². The first kappa shape index (κ1) is 21.0. The summed E-state index contributed by atoms with van der Waals surface area (Å²) < 4.78 is 11.5. The zero-order valence-electron chi connectivity index (χ0n) is 15.3. The highest BCUT2D eigenvalue weighted by Gasteiger charge is 2.39. The fourth-order valence-corrected chi connectivity index (χ4v) is 3.24. The van der Waals surface area contributed by atoms with Crippen LogP contribution in [0.2, 0.25) is 0 Å². The third kappa shape index (κ3) is 4.96. The van der Waals surface area contributed by atoms with E-state index in [2.05, 4.69) is 30.5 Å². The van der Waals surface area contributed by atoms with Crippen molar-refractivity contribution < 1.29 is 19.4 Å². The number of aliphatic hydroxyl groups excluding tert-OH is 1. The summed E-state index contributed by atoms with van der Waals surface area (Å²) in [5.74, 6) is 1.95. The van der Waals surface area contributed by atoms with E-state index in [0.717, 1.165) is 17.9 Å². The molecule has 1 heterocycles. The van der Waals surface area contributed by atoms with Crippen LogP contribution in [-0.2, 0) is 11.2 Å². The van der Waals surface area contributed by atoms with Gasteiger partial charge in [-0.3, -0.25) is 4.79 Å². The lowest BCUT2D eigenvalue weighted by Crippen LogP contribution is -2.27. The van der Waals surface area contributed by atoms with Crippen molar-refractivity contribution in [3.05, 3.63) is 35.4 Å². The van der Waals surface area contributed by atoms with E-state index >= 15 is 0 Å². The predicted octanol–water partition coefficient (Wildman–Crippen LogP) is 1.88. The second-order valence-electron chi connectivity index (χ2n) is 5.78. The molecule has 1 aromatic rings. The molecule has 1 aliphatic carbocycles. The molecule has 2 unspecified atom stereocenters. The first-order valence-corrected chi connectivity index (χ1v) is 8.62. The van der Waals surface area contributed by atoms with Crippen LogP contribution in [-0.4, -0.2) is 37.9 Å². The van der Waals surface area contributed by atoms with Gasteiger partial charge in [0.15, 0.2) is 11.5 Å². The Morgan fingerprint density at radius 3 is 2.64 bits per heavy atom. The van der Waals surface area contributed by atoms with Crippen molar-refractivity contribution in [3.63, 3.8) is 0 Å². The second-order valence-corrected chi connectivity index (χ2v) is 5.78. The van der Waals surface area contributed by atoms with E-state index in [1.807, 2.05) is 12.1 Å². The highest BCUT2D eigenvalue weighted by Crippen LogP contribution is 2.49. The molecule has 0 bridgehead atoms. The molecule has 0 saturated heterocycles.